The molecular formula is C75H51BN10. The van der Waals surface area contributed by atoms with Gasteiger partial charge < -0.3 is 0 Å². The van der Waals surface area contributed by atoms with E-state index in [4.69, 9.17) is 15.0 Å². The van der Waals surface area contributed by atoms with Gasteiger partial charge in [0.15, 0.2) is 11.6 Å². The summed E-state index contributed by atoms with van der Waals surface area (Å²) in [5.74, 6) is 4.71. The molecule has 0 N–H and O–H groups in total. The lowest BCUT2D eigenvalue weighted by atomic mass is 9.34. The summed E-state index contributed by atoms with van der Waals surface area (Å²) < 4.78 is 0. The van der Waals surface area contributed by atoms with E-state index in [9.17, 15) is 0 Å². The minimum absolute atomic E-state index is 0.315. The predicted molar refractivity (Wildman–Crippen MR) is 354 cm³/mol. The molecule has 11 heteroatoms. The highest BCUT2D eigenvalue weighted by molar-refractivity contribution is 7.00. The van der Waals surface area contributed by atoms with Crippen LogP contribution in [0.2, 0.25) is 0 Å². The van der Waals surface area contributed by atoms with Gasteiger partial charge in [0.25, 0.3) is 6.71 Å². The van der Waals surface area contributed by atoms with Crippen molar-refractivity contribution in [2.45, 2.75) is 0 Å². The molecule has 404 valence electrons. The van der Waals surface area contributed by atoms with Gasteiger partial charge in [-0.15, -0.1) is 0 Å². The summed E-state index contributed by atoms with van der Waals surface area (Å²) in [4.78, 5) is 34.5. The first-order chi connectivity index (χ1) is 42.7. The number of anilines is 21. The minimum atomic E-state index is -0.315. The Bertz CT molecular complexity index is 4310. The molecule has 0 aliphatic carbocycles. The second kappa shape index (κ2) is 20.0. The Morgan fingerprint density at radius 1 is 0.244 bits per heavy atom. The topological polar surface area (TPSA) is 61.4 Å². The van der Waals surface area contributed by atoms with Gasteiger partial charge in [0.2, 0.25) is 0 Å². The smallest absolute Gasteiger partial charge is 0.256 e. The molecule has 4 aliphatic rings. The van der Waals surface area contributed by atoms with E-state index in [2.05, 4.69) is 344 Å². The van der Waals surface area contributed by atoms with Crippen LogP contribution in [0.4, 0.5) is 120 Å². The Morgan fingerprint density at radius 2 is 0.593 bits per heavy atom. The van der Waals surface area contributed by atoms with Crippen LogP contribution >= 0.6 is 0 Å². The van der Waals surface area contributed by atoms with E-state index in [0.29, 0.717) is 0 Å². The highest BCUT2D eigenvalue weighted by Crippen LogP contribution is 2.64. The number of nitrogens with zero attached hydrogens (tertiary/aromatic N) is 10. The molecule has 0 atom stereocenters. The van der Waals surface area contributed by atoms with Crippen molar-refractivity contribution >= 4 is 143 Å². The average molecular weight is 1100 g/mol. The SMILES string of the molecule is c1ccc(N(c2ccccc2)c2cc3c4c(n2)N(c2ccccc2)c2ccccc2B4c2cc4c(nc2N3c2ccccc2)N(c2ccccc2)c2cc(N(c3ccccc3)c3ccccc3)nc3c2N4c2ccccc2N3c2ccccc2)cc1. The Balaban J connectivity index is 0.995. The minimum Gasteiger partial charge on any atom is -0.300 e. The van der Waals surface area contributed by atoms with E-state index in [1.165, 1.54) is 0 Å². The van der Waals surface area contributed by atoms with Crippen LogP contribution < -0.4 is 50.7 Å². The first-order valence-electron chi connectivity index (χ1n) is 29.1. The first kappa shape index (κ1) is 49.0. The zero-order valence-electron chi connectivity index (χ0n) is 46.5. The number of hydrogen-bond acceptors (Lipinski definition) is 10. The van der Waals surface area contributed by atoms with Crippen LogP contribution in [0.25, 0.3) is 0 Å². The lowest BCUT2D eigenvalue weighted by Crippen LogP contribution is -2.62. The van der Waals surface area contributed by atoms with E-state index in [1.807, 2.05) is 0 Å². The van der Waals surface area contributed by atoms with Gasteiger partial charge in [-0.25, -0.2) is 15.0 Å². The van der Waals surface area contributed by atoms with E-state index < -0.39 is 0 Å². The van der Waals surface area contributed by atoms with E-state index in [1.54, 1.807) is 0 Å². The van der Waals surface area contributed by atoms with Crippen molar-refractivity contribution in [2.24, 2.45) is 0 Å². The summed E-state index contributed by atoms with van der Waals surface area (Å²) in [5.41, 5.74) is 17.9. The average Bonchev–Trinajstić information content (AvgIpc) is 0.706. The van der Waals surface area contributed by atoms with Crippen molar-refractivity contribution in [3.05, 3.63) is 309 Å². The predicted octanol–water partition coefficient (Wildman–Crippen LogP) is 17.9. The maximum atomic E-state index is 6.27. The second-order valence-corrected chi connectivity index (χ2v) is 21.7. The quantitative estimate of drug-likeness (QED) is 0.124. The summed E-state index contributed by atoms with van der Waals surface area (Å²) in [5, 5.41) is 0. The molecule has 10 aromatic carbocycles. The Morgan fingerprint density at radius 3 is 1.06 bits per heavy atom. The molecule has 4 aliphatic heterocycles. The van der Waals surface area contributed by atoms with Gasteiger partial charge in [-0.05, 0) is 138 Å². The third-order valence-corrected chi connectivity index (χ3v) is 16.8. The summed E-state index contributed by atoms with van der Waals surface area (Å²) >= 11 is 0. The molecule has 0 amide bonds. The summed E-state index contributed by atoms with van der Waals surface area (Å²) in [6.07, 6.45) is 0. The highest BCUT2D eigenvalue weighted by atomic mass is 15.4. The summed E-state index contributed by atoms with van der Waals surface area (Å²) in [6, 6.07) is 109. The van der Waals surface area contributed by atoms with Gasteiger partial charge in [-0.3, -0.25) is 34.3 Å². The van der Waals surface area contributed by atoms with Gasteiger partial charge in [-0.1, -0.05) is 176 Å². The van der Waals surface area contributed by atoms with Crippen molar-refractivity contribution in [1.29, 1.82) is 0 Å². The Kier molecular flexibility index (Phi) is 11.4. The Hall–Kier alpha value is -11.7. The van der Waals surface area contributed by atoms with Gasteiger partial charge in [0, 0.05) is 63.3 Å². The van der Waals surface area contributed by atoms with Crippen molar-refractivity contribution in [3.8, 4) is 0 Å². The fourth-order valence-corrected chi connectivity index (χ4v) is 13.2. The molecular weight excluding hydrogens is 1050 g/mol. The standard InChI is InChI=1S/C75H51BN10/c1-9-29-52(30-10-1)80(53-31-11-2-12-32-53)68-50-65-70-74(77-68)82(56-37-17-5-18-38-56)62-46-26-25-45-60(62)76(70)61-49-67-73(79-72(61)84(65)58-41-21-7-22-42-58)85(59-43-23-8-24-44-59)66-51-69(81(54-33-13-3-14-34-54)55-35-15-4-16-36-55)78-75-71(66)86(67)64-48-28-27-47-63(64)83(75)57-39-19-6-20-40-57/h1-51H. The van der Waals surface area contributed by atoms with E-state index in [0.717, 1.165) is 137 Å². The molecule has 3 aromatic heterocycles. The number of rotatable bonds is 10. The van der Waals surface area contributed by atoms with E-state index >= 15 is 0 Å². The van der Waals surface area contributed by atoms with Crippen LogP contribution in [0.1, 0.15) is 0 Å². The molecule has 86 heavy (non-hydrogen) atoms. The van der Waals surface area contributed by atoms with Gasteiger partial charge >= 0.3 is 0 Å². The van der Waals surface area contributed by atoms with Crippen molar-refractivity contribution in [1.82, 2.24) is 15.0 Å². The zero-order chi connectivity index (χ0) is 56.7. The second-order valence-electron chi connectivity index (χ2n) is 21.7. The first-order valence-corrected chi connectivity index (χ1v) is 29.1. The zero-order valence-corrected chi connectivity index (χ0v) is 46.5. The van der Waals surface area contributed by atoms with Gasteiger partial charge in [-0.2, -0.15) is 0 Å². The molecule has 0 fully saturated rings. The number of pyridine rings is 3. The van der Waals surface area contributed by atoms with Crippen LogP contribution in [0.3, 0.4) is 0 Å². The number of para-hydroxylation sites is 11. The normalized spacial score (nSPS) is 13.0. The third kappa shape index (κ3) is 7.72. The van der Waals surface area contributed by atoms with Crippen LogP contribution in [0, 0.1) is 0 Å². The van der Waals surface area contributed by atoms with Crippen LogP contribution in [0.5, 0.6) is 0 Å². The van der Waals surface area contributed by atoms with Gasteiger partial charge in [0.05, 0.1) is 28.4 Å². The van der Waals surface area contributed by atoms with E-state index in [-0.39, 0.29) is 6.71 Å². The number of fused-ring (bicyclic) bond motifs is 8. The molecule has 0 saturated carbocycles. The largest absolute Gasteiger partial charge is 0.300 e. The number of hydrogen-bond donors (Lipinski definition) is 0. The maximum Gasteiger partial charge on any atom is 0.256 e. The van der Waals surface area contributed by atoms with Crippen molar-refractivity contribution in [2.75, 3.05) is 34.3 Å². The molecule has 0 spiro atoms. The lowest BCUT2D eigenvalue weighted by Gasteiger charge is -2.48. The van der Waals surface area contributed by atoms with Crippen LogP contribution in [0.15, 0.2) is 309 Å². The highest BCUT2D eigenvalue weighted by Gasteiger charge is 2.49. The summed E-state index contributed by atoms with van der Waals surface area (Å²) in [7, 11) is 0. The van der Waals surface area contributed by atoms with Crippen LogP contribution in [-0.4, -0.2) is 21.7 Å². The monoisotopic (exact) mass is 1100 g/mol. The molecule has 7 heterocycles. The fraction of sp³-hybridized carbons (Fsp3) is 0. The Labute approximate surface area is 499 Å². The lowest BCUT2D eigenvalue weighted by molar-refractivity contribution is 1.04. The molecule has 0 unspecified atom stereocenters. The molecule has 13 aromatic rings. The summed E-state index contributed by atoms with van der Waals surface area (Å²) in [6.45, 7) is -0.315. The molecule has 0 radical (unpaired) electrons. The number of benzene rings is 10. The van der Waals surface area contributed by atoms with Crippen molar-refractivity contribution < 1.29 is 0 Å². The van der Waals surface area contributed by atoms with Crippen molar-refractivity contribution in [3.63, 3.8) is 0 Å². The molecule has 10 nitrogen and oxygen atoms in total. The van der Waals surface area contributed by atoms with Crippen LogP contribution in [-0.2, 0) is 0 Å². The number of aromatic nitrogens is 3. The third-order valence-electron chi connectivity index (χ3n) is 16.8. The molecule has 17 rings (SSSR count). The molecule has 0 saturated heterocycles. The fourth-order valence-electron chi connectivity index (χ4n) is 13.2. The van der Waals surface area contributed by atoms with Gasteiger partial charge in [0.1, 0.15) is 29.0 Å². The maximum absolute atomic E-state index is 6.27. The molecule has 0 bridgehead atoms.